The molecule has 1 aliphatic heterocycles. The molecule has 1 saturated heterocycles. The van der Waals surface area contributed by atoms with E-state index in [1.54, 1.807) is 12.1 Å². The van der Waals surface area contributed by atoms with Gasteiger partial charge in [0.1, 0.15) is 0 Å². The molecule has 0 bridgehead atoms. The average Bonchev–Trinajstić information content (AvgIpc) is 3.30. The van der Waals surface area contributed by atoms with Crippen molar-refractivity contribution in [3.63, 3.8) is 0 Å². The zero-order chi connectivity index (χ0) is 21.7. The van der Waals surface area contributed by atoms with Gasteiger partial charge in [-0.1, -0.05) is 23.9 Å². The van der Waals surface area contributed by atoms with Crippen LogP contribution in [-0.2, 0) is 21.4 Å². The number of nitrogens with two attached hydrogens (primary N) is 1. The minimum Gasteiger partial charge on any atom is -0.476 e. The summed E-state index contributed by atoms with van der Waals surface area (Å²) < 4.78 is 23.3. The molecule has 1 aliphatic rings. The Balaban J connectivity index is 1.45. The number of nitrogens with zero attached hydrogens (tertiary/aromatic N) is 2. The van der Waals surface area contributed by atoms with E-state index in [0.717, 1.165) is 12.0 Å². The van der Waals surface area contributed by atoms with E-state index >= 15 is 0 Å². The van der Waals surface area contributed by atoms with Crippen LogP contribution in [0.5, 0.6) is 0 Å². The van der Waals surface area contributed by atoms with Crippen molar-refractivity contribution in [2.24, 2.45) is 5.14 Å². The van der Waals surface area contributed by atoms with Crippen LogP contribution in [0.25, 0.3) is 0 Å². The van der Waals surface area contributed by atoms with Crippen LogP contribution in [0.15, 0.2) is 38.9 Å². The maximum absolute atomic E-state index is 12.2. The molecule has 1 atom stereocenters. The summed E-state index contributed by atoms with van der Waals surface area (Å²) in [5.41, 5.74) is 0.964. The number of amides is 1. The van der Waals surface area contributed by atoms with Gasteiger partial charge in [0.2, 0.25) is 15.9 Å². The van der Waals surface area contributed by atoms with E-state index in [-0.39, 0.29) is 22.5 Å². The lowest BCUT2D eigenvalue weighted by Crippen LogP contribution is -2.41. The van der Waals surface area contributed by atoms with E-state index in [1.807, 2.05) is 4.90 Å². The first-order valence-corrected chi connectivity index (χ1v) is 12.6. The quantitative estimate of drug-likeness (QED) is 0.442. The van der Waals surface area contributed by atoms with Crippen LogP contribution in [0, 0.1) is 0 Å². The third kappa shape index (κ3) is 6.01. The fourth-order valence-corrected chi connectivity index (χ4v) is 5.47. The number of aromatic nitrogens is 1. The highest BCUT2D eigenvalue weighted by Gasteiger charge is 2.30. The third-order valence-corrected chi connectivity index (χ3v) is 7.60. The van der Waals surface area contributed by atoms with Crippen LogP contribution >= 0.6 is 23.1 Å². The first-order chi connectivity index (χ1) is 14.2. The van der Waals surface area contributed by atoms with Crippen molar-refractivity contribution in [1.82, 2.24) is 15.2 Å². The second kappa shape index (κ2) is 9.88. The normalized spacial score (nSPS) is 16.9. The van der Waals surface area contributed by atoms with Gasteiger partial charge in [0.05, 0.1) is 4.90 Å². The number of rotatable bonds is 10. The number of primary sulfonamides is 1. The predicted molar refractivity (Wildman–Crippen MR) is 114 cm³/mol. The Morgan fingerprint density at radius 3 is 2.73 bits per heavy atom. The number of sulfonamides is 1. The minimum atomic E-state index is -3.70. The molecule has 0 unspecified atom stereocenters. The van der Waals surface area contributed by atoms with Gasteiger partial charge in [0, 0.05) is 43.2 Å². The van der Waals surface area contributed by atoms with Crippen molar-refractivity contribution >= 4 is 45.0 Å². The fraction of sp³-hybridized carbons (Fsp3) is 0.389. The average molecular weight is 471 g/mol. The molecule has 2 aromatic rings. The molecule has 0 aliphatic carbocycles. The van der Waals surface area contributed by atoms with Crippen LogP contribution in [-0.4, -0.2) is 60.2 Å². The lowest BCUT2D eigenvalue weighted by molar-refractivity contribution is -0.128. The number of hydrogen-bond acceptors (Lipinski definition) is 8. The van der Waals surface area contributed by atoms with Crippen LogP contribution in [0.4, 0.5) is 0 Å². The number of thioether (sulfide) groups is 1. The molecule has 1 fully saturated rings. The van der Waals surface area contributed by atoms with Crippen molar-refractivity contribution in [3.8, 4) is 0 Å². The number of carbonyl (C=O) groups excluding carboxylic acids is 1. The number of benzene rings is 1. The number of nitrogens with one attached hydrogen (secondary N) is 1. The molecule has 4 N–H and O–H groups in total. The molecule has 2 heterocycles. The zero-order valence-corrected chi connectivity index (χ0v) is 18.4. The number of thiazole rings is 1. The topological polar surface area (TPSA) is 143 Å². The molecular formula is C18H22N4O5S3. The summed E-state index contributed by atoms with van der Waals surface area (Å²) in [7, 11) is -3.70. The number of aromatic carboxylic acids is 1. The van der Waals surface area contributed by atoms with Crippen LogP contribution in [0.1, 0.15) is 28.9 Å². The summed E-state index contributed by atoms with van der Waals surface area (Å²) in [5.74, 6) is -0.285. The second-order valence-electron chi connectivity index (χ2n) is 6.75. The summed E-state index contributed by atoms with van der Waals surface area (Å²) in [5, 5.41) is 18.8. The lowest BCUT2D eigenvalue weighted by atomic mass is 10.2. The number of likely N-dealkylation sites (tertiary alicyclic amines) is 1. The summed E-state index contributed by atoms with van der Waals surface area (Å²) in [6, 6.07) is 6.46. The molecule has 0 saturated carbocycles. The molecule has 12 heteroatoms. The largest absolute Gasteiger partial charge is 0.476 e. The number of carboxylic acid groups (broad SMARTS) is 1. The third-order valence-electron chi connectivity index (χ3n) is 4.67. The molecule has 1 amide bonds. The van der Waals surface area contributed by atoms with E-state index in [2.05, 4.69) is 10.3 Å². The first-order valence-electron chi connectivity index (χ1n) is 9.17. The van der Waals surface area contributed by atoms with Gasteiger partial charge in [-0.2, -0.15) is 0 Å². The van der Waals surface area contributed by atoms with E-state index in [4.69, 9.17) is 10.2 Å². The van der Waals surface area contributed by atoms with Gasteiger partial charge in [0.15, 0.2) is 10.0 Å². The molecule has 162 valence electrons. The Labute approximate surface area is 182 Å². The van der Waals surface area contributed by atoms with Crippen LogP contribution in [0.3, 0.4) is 0 Å². The number of hydrogen-bond donors (Lipinski definition) is 3. The van der Waals surface area contributed by atoms with Gasteiger partial charge in [0.25, 0.3) is 0 Å². The molecule has 0 spiro atoms. The van der Waals surface area contributed by atoms with Crippen molar-refractivity contribution in [2.45, 2.75) is 34.7 Å². The van der Waals surface area contributed by atoms with E-state index in [0.29, 0.717) is 36.1 Å². The first kappa shape index (κ1) is 22.7. The van der Waals surface area contributed by atoms with Crippen molar-refractivity contribution < 1.29 is 23.1 Å². The highest BCUT2D eigenvalue weighted by Crippen LogP contribution is 2.25. The Morgan fingerprint density at radius 1 is 1.37 bits per heavy atom. The van der Waals surface area contributed by atoms with E-state index < -0.39 is 16.0 Å². The van der Waals surface area contributed by atoms with E-state index in [1.165, 1.54) is 40.6 Å². The standard InChI is InChI=1S/C18H22N4O5S3/c19-30(26,27)14-4-1-12(2-5-14)9-20-10-13-3-6-16(23)22(13)7-8-28-18-21-15(11-29-18)17(24)25/h1-2,4-5,11,13,20H,3,6-10H2,(H,24,25)(H2,19,26,27)/t13-/m1/s1. The molecule has 1 aromatic carbocycles. The van der Waals surface area contributed by atoms with Gasteiger partial charge >= 0.3 is 5.97 Å². The fourth-order valence-electron chi connectivity index (χ4n) is 3.15. The molecule has 1 aromatic heterocycles. The Kier molecular flexibility index (Phi) is 7.47. The molecule has 30 heavy (non-hydrogen) atoms. The van der Waals surface area contributed by atoms with E-state index in [9.17, 15) is 18.0 Å². The zero-order valence-electron chi connectivity index (χ0n) is 16.0. The van der Waals surface area contributed by atoms with Gasteiger partial charge in [-0.15, -0.1) is 11.3 Å². The summed E-state index contributed by atoms with van der Waals surface area (Å²) in [4.78, 5) is 29.1. The van der Waals surface area contributed by atoms with Crippen LogP contribution < -0.4 is 10.5 Å². The Hall–Kier alpha value is -1.99. The second-order valence-corrected chi connectivity index (χ2v) is 10.5. The van der Waals surface area contributed by atoms with Gasteiger partial charge in [-0.05, 0) is 24.1 Å². The SMILES string of the molecule is NS(=O)(=O)c1ccc(CNC[C@H]2CCC(=O)N2CCSc2nc(C(=O)O)cs2)cc1. The summed E-state index contributed by atoms with van der Waals surface area (Å²) in [6.07, 6.45) is 1.29. The van der Waals surface area contributed by atoms with Gasteiger partial charge < -0.3 is 15.3 Å². The lowest BCUT2D eigenvalue weighted by Gasteiger charge is -2.25. The van der Waals surface area contributed by atoms with Crippen LogP contribution in [0.2, 0.25) is 0 Å². The van der Waals surface area contributed by atoms with Crippen molar-refractivity contribution in [3.05, 3.63) is 40.9 Å². The Bertz CT molecular complexity index is 1010. The maximum atomic E-state index is 12.2. The number of carbonyl (C=O) groups is 2. The highest BCUT2D eigenvalue weighted by molar-refractivity contribution is 8.01. The minimum absolute atomic E-state index is 0.0407. The molecular weight excluding hydrogens is 448 g/mol. The molecule has 3 rings (SSSR count). The molecule has 9 nitrogen and oxygen atoms in total. The highest BCUT2D eigenvalue weighted by atomic mass is 32.2. The van der Waals surface area contributed by atoms with Crippen molar-refractivity contribution in [1.29, 1.82) is 0 Å². The maximum Gasteiger partial charge on any atom is 0.355 e. The predicted octanol–water partition coefficient (Wildman–Crippen LogP) is 1.36. The summed E-state index contributed by atoms with van der Waals surface area (Å²) >= 11 is 2.73. The van der Waals surface area contributed by atoms with Crippen molar-refractivity contribution in [2.75, 3.05) is 18.8 Å². The smallest absolute Gasteiger partial charge is 0.355 e. The molecule has 0 radical (unpaired) electrons. The van der Waals surface area contributed by atoms with Gasteiger partial charge in [-0.25, -0.2) is 23.3 Å². The summed E-state index contributed by atoms with van der Waals surface area (Å²) in [6.45, 7) is 1.75. The monoisotopic (exact) mass is 470 g/mol. The van der Waals surface area contributed by atoms with Gasteiger partial charge in [-0.3, -0.25) is 4.79 Å². The number of carboxylic acids is 1. The Morgan fingerprint density at radius 2 is 2.10 bits per heavy atom.